The number of carbonyl (C=O) groups excluding carboxylic acids is 1. The van der Waals surface area contributed by atoms with E-state index in [2.05, 4.69) is 22.2 Å². The van der Waals surface area contributed by atoms with Crippen LogP contribution in [0.15, 0.2) is 17.3 Å². The zero-order chi connectivity index (χ0) is 15.9. The maximum Gasteiger partial charge on any atom is 0.413 e. The number of hydrogen-bond acceptors (Lipinski definition) is 4. The van der Waals surface area contributed by atoms with E-state index in [0.717, 1.165) is 12.8 Å². The number of anilines is 1. The van der Waals surface area contributed by atoms with Gasteiger partial charge in [-0.1, -0.05) is 24.9 Å². The Bertz CT molecular complexity index is 510. The lowest BCUT2D eigenvalue weighted by Gasteiger charge is -2.19. The molecule has 0 saturated heterocycles. The van der Waals surface area contributed by atoms with Gasteiger partial charge in [0.05, 0.1) is 10.6 Å². The second-order valence-electron chi connectivity index (χ2n) is 5.57. The quantitative estimate of drug-likeness (QED) is 0.651. The number of aliphatic imine (C=N–C) groups is 1. The summed E-state index contributed by atoms with van der Waals surface area (Å²) in [5.74, 6) is 0.344. The van der Waals surface area contributed by atoms with E-state index in [0.29, 0.717) is 22.9 Å². The fourth-order valence-corrected chi connectivity index (χ4v) is 1.67. The first-order valence-corrected chi connectivity index (χ1v) is 7.35. The Balaban J connectivity index is 2.84. The summed E-state index contributed by atoms with van der Waals surface area (Å²) in [4.78, 5) is 20.2. The summed E-state index contributed by atoms with van der Waals surface area (Å²) in [7, 11) is 0. The summed E-state index contributed by atoms with van der Waals surface area (Å²) >= 11 is 6.14. The van der Waals surface area contributed by atoms with Crippen molar-refractivity contribution < 1.29 is 9.53 Å². The third kappa shape index (κ3) is 6.58. The summed E-state index contributed by atoms with van der Waals surface area (Å²) in [6, 6.07) is 1.66. The second kappa shape index (κ2) is 7.98. The maximum atomic E-state index is 11.8. The number of nitrogens with one attached hydrogen (secondary N) is 1. The number of carbonyl (C=O) groups is 1. The van der Waals surface area contributed by atoms with Crippen LogP contribution in [-0.4, -0.2) is 29.4 Å². The first-order valence-electron chi connectivity index (χ1n) is 6.98. The van der Waals surface area contributed by atoms with Gasteiger partial charge in [0.2, 0.25) is 0 Å². The van der Waals surface area contributed by atoms with Gasteiger partial charge in [0.1, 0.15) is 11.4 Å². The van der Waals surface area contributed by atoms with Gasteiger partial charge in [0.15, 0.2) is 0 Å². The molecular formula is C15H22ClN3O2. The number of rotatable bonds is 5. The first-order chi connectivity index (χ1) is 9.83. The van der Waals surface area contributed by atoms with E-state index in [1.54, 1.807) is 33.1 Å². The zero-order valence-corrected chi connectivity index (χ0v) is 13.7. The van der Waals surface area contributed by atoms with Crippen molar-refractivity contribution in [3.63, 3.8) is 0 Å². The van der Waals surface area contributed by atoms with Crippen LogP contribution in [0.1, 0.15) is 46.1 Å². The van der Waals surface area contributed by atoms with Crippen LogP contribution in [0.4, 0.5) is 10.6 Å². The Labute approximate surface area is 130 Å². The minimum absolute atomic E-state index is 0.344. The van der Waals surface area contributed by atoms with Crippen LogP contribution in [0.25, 0.3) is 0 Å². The molecular weight excluding hydrogens is 290 g/mol. The second-order valence-corrected chi connectivity index (χ2v) is 5.98. The Morgan fingerprint density at radius 2 is 2.24 bits per heavy atom. The van der Waals surface area contributed by atoms with E-state index in [9.17, 15) is 4.79 Å². The van der Waals surface area contributed by atoms with Gasteiger partial charge in [-0.25, -0.2) is 9.78 Å². The molecule has 21 heavy (non-hydrogen) atoms. The highest BCUT2D eigenvalue weighted by atomic mass is 35.5. The maximum absolute atomic E-state index is 11.8. The largest absolute Gasteiger partial charge is 0.444 e. The highest BCUT2D eigenvalue weighted by molar-refractivity contribution is 6.33. The fourth-order valence-electron chi connectivity index (χ4n) is 1.48. The van der Waals surface area contributed by atoms with Crippen LogP contribution in [0.3, 0.4) is 0 Å². The molecule has 6 heteroatoms. The average molecular weight is 312 g/mol. The molecule has 116 valence electrons. The lowest BCUT2D eigenvalue weighted by Crippen LogP contribution is -2.27. The van der Waals surface area contributed by atoms with Crippen LogP contribution in [0.2, 0.25) is 5.02 Å². The summed E-state index contributed by atoms with van der Waals surface area (Å²) in [6.07, 6.45) is 4.67. The Morgan fingerprint density at radius 3 is 2.86 bits per heavy atom. The molecule has 0 aliphatic rings. The SMILES string of the molecule is CCCC/N=C/c1c(Cl)ccnc1NC(=O)OC(C)(C)C. The van der Waals surface area contributed by atoms with Gasteiger partial charge in [0.25, 0.3) is 0 Å². The van der Waals surface area contributed by atoms with E-state index in [1.807, 2.05) is 0 Å². The van der Waals surface area contributed by atoms with Crippen molar-refractivity contribution in [1.29, 1.82) is 0 Å². The molecule has 0 fully saturated rings. The van der Waals surface area contributed by atoms with Crippen molar-refractivity contribution in [1.82, 2.24) is 4.98 Å². The van der Waals surface area contributed by atoms with Crippen molar-refractivity contribution in [2.45, 2.75) is 46.1 Å². The summed E-state index contributed by atoms with van der Waals surface area (Å²) < 4.78 is 5.20. The van der Waals surface area contributed by atoms with Crippen LogP contribution in [0.5, 0.6) is 0 Å². The standard InChI is InChI=1S/C15H22ClN3O2/c1-5-6-8-17-10-11-12(16)7-9-18-13(11)19-14(20)21-15(2,3)4/h7,9-10H,5-6,8H2,1-4H3,(H,18,19,20)/b17-10+. The van der Waals surface area contributed by atoms with Gasteiger partial charge in [0, 0.05) is 19.0 Å². The van der Waals surface area contributed by atoms with Gasteiger partial charge in [-0.3, -0.25) is 10.3 Å². The fraction of sp³-hybridized carbons (Fsp3) is 0.533. The average Bonchev–Trinajstić information content (AvgIpc) is 2.35. The molecule has 1 rings (SSSR count). The molecule has 5 nitrogen and oxygen atoms in total. The highest BCUT2D eigenvalue weighted by Crippen LogP contribution is 2.21. The van der Waals surface area contributed by atoms with E-state index in [1.165, 1.54) is 6.20 Å². The van der Waals surface area contributed by atoms with Crippen molar-refractivity contribution >= 4 is 29.7 Å². The summed E-state index contributed by atoms with van der Waals surface area (Å²) in [5.41, 5.74) is 0.0130. The van der Waals surface area contributed by atoms with Crippen molar-refractivity contribution in [2.75, 3.05) is 11.9 Å². The molecule has 1 aromatic heterocycles. The smallest absolute Gasteiger partial charge is 0.413 e. The minimum Gasteiger partial charge on any atom is -0.444 e. The number of aromatic nitrogens is 1. The Kier molecular flexibility index (Phi) is 6.62. The van der Waals surface area contributed by atoms with Crippen LogP contribution >= 0.6 is 11.6 Å². The van der Waals surface area contributed by atoms with Crippen molar-refractivity contribution in [2.24, 2.45) is 4.99 Å². The summed E-state index contributed by atoms with van der Waals surface area (Å²) in [6.45, 7) is 8.21. The molecule has 0 spiro atoms. The van der Waals surface area contributed by atoms with Gasteiger partial charge < -0.3 is 4.74 Å². The van der Waals surface area contributed by atoms with Crippen LogP contribution in [0, 0.1) is 0 Å². The molecule has 0 saturated carbocycles. The van der Waals surface area contributed by atoms with E-state index >= 15 is 0 Å². The molecule has 0 aliphatic carbocycles. The normalized spacial score (nSPS) is 11.7. The lowest BCUT2D eigenvalue weighted by atomic mass is 10.2. The number of hydrogen-bond donors (Lipinski definition) is 1. The van der Waals surface area contributed by atoms with Crippen LogP contribution in [-0.2, 0) is 4.74 Å². The molecule has 0 bridgehead atoms. The topological polar surface area (TPSA) is 63.6 Å². The number of pyridine rings is 1. The predicted octanol–water partition coefficient (Wildman–Crippen LogP) is 4.30. The van der Waals surface area contributed by atoms with Crippen molar-refractivity contribution in [3.8, 4) is 0 Å². The zero-order valence-electron chi connectivity index (χ0n) is 12.9. The molecule has 1 heterocycles. The summed E-state index contributed by atoms with van der Waals surface area (Å²) in [5, 5.41) is 3.08. The first kappa shape index (κ1) is 17.4. The van der Waals surface area contributed by atoms with Crippen LogP contribution < -0.4 is 5.32 Å². The Hall–Kier alpha value is -1.62. The third-order valence-electron chi connectivity index (χ3n) is 2.42. The molecule has 0 aliphatic heterocycles. The van der Waals surface area contributed by atoms with Gasteiger partial charge in [-0.2, -0.15) is 0 Å². The number of halogens is 1. The number of amides is 1. The predicted molar refractivity (Wildman–Crippen MR) is 86.5 cm³/mol. The van der Waals surface area contributed by atoms with Crippen molar-refractivity contribution in [3.05, 3.63) is 22.8 Å². The van der Waals surface area contributed by atoms with Gasteiger partial charge >= 0.3 is 6.09 Å². The van der Waals surface area contributed by atoms with Gasteiger partial charge in [-0.05, 0) is 33.3 Å². The highest BCUT2D eigenvalue weighted by Gasteiger charge is 2.18. The van der Waals surface area contributed by atoms with E-state index in [4.69, 9.17) is 16.3 Å². The lowest BCUT2D eigenvalue weighted by molar-refractivity contribution is 0.0635. The van der Waals surface area contributed by atoms with E-state index in [-0.39, 0.29) is 0 Å². The molecule has 0 atom stereocenters. The number of unbranched alkanes of at least 4 members (excludes halogenated alkanes) is 1. The number of ether oxygens (including phenoxy) is 1. The molecule has 1 amide bonds. The molecule has 0 radical (unpaired) electrons. The molecule has 1 aromatic rings. The minimum atomic E-state index is -0.571. The molecule has 0 unspecified atom stereocenters. The molecule has 1 N–H and O–H groups in total. The third-order valence-corrected chi connectivity index (χ3v) is 2.75. The number of nitrogens with zero attached hydrogens (tertiary/aromatic N) is 2. The molecule has 0 aromatic carbocycles. The van der Waals surface area contributed by atoms with E-state index < -0.39 is 11.7 Å². The monoisotopic (exact) mass is 311 g/mol. The Morgan fingerprint density at radius 1 is 1.52 bits per heavy atom. The van der Waals surface area contributed by atoms with Gasteiger partial charge in [-0.15, -0.1) is 0 Å².